The van der Waals surface area contributed by atoms with Gasteiger partial charge in [-0.15, -0.1) is 0 Å². The number of hydrazone groups is 1. The highest BCUT2D eigenvalue weighted by Crippen LogP contribution is 2.71. The van der Waals surface area contributed by atoms with Crippen LogP contribution in [-0.4, -0.2) is 55.6 Å². The number of nitrogens with one attached hydrogen (secondary N) is 1. The Morgan fingerprint density at radius 1 is 0.974 bits per heavy atom. The molecule has 0 amide bonds. The first-order valence-corrected chi connectivity index (χ1v) is 16.1. The van der Waals surface area contributed by atoms with Crippen LogP contribution in [0.25, 0.3) is 0 Å². The van der Waals surface area contributed by atoms with E-state index in [0.717, 1.165) is 37.3 Å². The summed E-state index contributed by atoms with van der Waals surface area (Å²) in [5.41, 5.74) is 5.61. The summed E-state index contributed by atoms with van der Waals surface area (Å²) < 4.78 is 16.5. The van der Waals surface area contributed by atoms with Crippen molar-refractivity contribution < 1.29 is 14.4 Å². The molecule has 206 valence electrons. The van der Waals surface area contributed by atoms with Crippen LogP contribution in [0.15, 0.2) is 75.5 Å². The number of Topliss-reactive ketones (excluding diaryl/α,β-unsaturated/α-hetero) is 1. The van der Waals surface area contributed by atoms with Gasteiger partial charge < -0.3 is 9.64 Å². The zero-order chi connectivity index (χ0) is 27.0. The van der Waals surface area contributed by atoms with E-state index in [9.17, 15) is 4.79 Å². The monoisotopic (exact) mass is 546 g/mol. The minimum absolute atomic E-state index is 0.0739. The lowest BCUT2D eigenvalue weighted by atomic mass is 9.78. The number of quaternary nitrogens is 1. The Kier molecular flexibility index (Phi) is 7.36. The van der Waals surface area contributed by atoms with Crippen LogP contribution < -0.4 is 9.68 Å². The van der Waals surface area contributed by atoms with Gasteiger partial charge in [0.2, 0.25) is 0 Å². The average Bonchev–Trinajstić information content (AvgIpc) is 3.28. The summed E-state index contributed by atoms with van der Waals surface area (Å²) in [6.07, 6.45) is 5.89. The highest BCUT2D eigenvalue weighted by atomic mass is 31.2. The SMILES string of the molecule is CC(=O)c1ccc(N=[P@@]2(N3CCOCC3)C3=C([NH+]4CCCCC4)CC(C)(C)CC3=NN2c2ccccc2)cc1. The van der Waals surface area contributed by atoms with E-state index in [1.165, 1.54) is 49.1 Å². The van der Waals surface area contributed by atoms with Gasteiger partial charge in [0.15, 0.2) is 13.1 Å². The number of hydrogen-bond donors (Lipinski definition) is 1. The molecule has 0 unspecified atom stereocenters. The Balaban J connectivity index is 1.65. The topological polar surface area (TPSA) is 61.9 Å². The lowest BCUT2D eigenvalue weighted by Gasteiger charge is -2.44. The molecular formula is C31H41N5O2P+. The van der Waals surface area contributed by atoms with E-state index in [0.29, 0.717) is 18.8 Å². The van der Waals surface area contributed by atoms with Crippen LogP contribution in [0, 0.1) is 5.41 Å². The average molecular weight is 547 g/mol. The Labute approximate surface area is 232 Å². The fraction of sp³-hybridized carbons (Fsp3) is 0.484. The molecule has 0 bridgehead atoms. The maximum Gasteiger partial charge on any atom is 0.184 e. The molecule has 3 heterocycles. The molecule has 8 heteroatoms. The van der Waals surface area contributed by atoms with E-state index in [1.807, 2.05) is 24.3 Å². The first-order valence-electron chi connectivity index (χ1n) is 14.5. The molecule has 2 fully saturated rings. The van der Waals surface area contributed by atoms with Crippen molar-refractivity contribution in [3.63, 3.8) is 0 Å². The predicted molar refractivity (Wildman–Crippen MR) is 159 cm³/mol. The molecule has 0 saturated carbocycles. The molecule has 39 heavy (non-hydrogen) atoms. The Hall–Kier alpha value is -2.57. The van der Waals surface area contributed by atoms with Gasteiger partial charge in [-0.3, -0.25) is 4.79 Å². The largest absolute Gasteiger partial charge is 0.379 e. The maximum absolute atomic E-state index is 12.0. The lowest BCUT2D eigenvalue weighted by molar-refractivity contribution is -0.868. The van der Waals surface area contributed by atoms with E-state index >= 15 is 0 Å². The van der Waals surface area contributed by atoms with Gasteiger partial charge in [0.1, 0.15) is 11.0 Å². The van der Waals surface area contributed by atoms with Crippen LogP contribution >= 0.6 is 7.36 Å². The number of allylic oxidation sites excluding steroid dienone is 2. The second-order valence-electron chi connectivity index (χ2n) is 12.0. The fourth-order valence-corrected chi connectivity index (χ4v) is 10.5. The number of piperidine rings is 1. The van der Waals surface area contributed by atoms with Crippen LogP contribution in [0.2, 0.25) is 0 Å². The zero-order valence-electron chi connectivity index (χ0n) is 23.5. The molecular weight excluding hydrogens is 505 g/mol. The normalized spacial score (nSPS) is 25.8. The van der Waals surface area contributed by atoms with E-state index in [-0.39, 0.29) is 11.2 Å². The van der Waals surface area contributed by atoms with Crippen LogP contribution in [0.5, 0.6) is 0 Å². The van der Waals surface area contributed by atoms with Crippen molar-refractivity contribution in [3.05, 3.63) is 71.2 Å². The van der Waals surface area contributed by atoms with Crippen molar-refractivity contribution in [2.75, 3.05) is 44.2 Å². The second kappa shape index (κ2) is 10.8. The van der Waals surface area contributed by atoms with Gasteiger partial charge in [0.05, 0.1) is 43.4 Å². The number of anilines is 1. The quantitative estimate of drug-likeness (QED) is 0.377. The van der Waals surface area contributed by atoms with E-state index in [1.54, 1.807) is 11.8 Å². The predicted octanol–water partition coefficient (Wildman–Crippen LogP) is 5.86. The second-order valence-corrected chi connectivity index (χ2v) is 14.7. The smallest absolute Gasteiger partial charge is 0.184 e. The van der Waals surface area contributed by atoms with Crippen LogP contribution in [-0.2, 0) is 4.74 Å². The number of carbonyl (C=O) groups is 1. The van der Waals surface area contributed by atoms with Crippen LogP contribution in [0.1, 0.15) is 63.2 Å². The van der Waals surface area contributed by atoms with Crippen molar-refractivity contribution in [1.82, 2.24) is 4.67 Å². The van der Waals surface area contributed by atoms with Crippen LogP contribution in [0.3, 0.4) is 0 Å². The van der Waals surface area contributed by atoms with Crippen molar-refractivity contribution in [1.29, 1.82) is 0 Å². The molecule has 7 nitrogen and oxygen atoms in total. The molecule has 0 aromatic heterocycles. The van der Waals surface area contributed by atoms with Gasteiger partial charge in [-0.1, -0.05) is 32.0 Å². The molecule has 6 rings (SSSR count). The highest BCUT2D eigenvalue weighted by molar-refractivity contribution is 7.71. The van der Waals surface area contributed by atoms with E-state index in [2.05, 4.69) is 53.6 Å². The maximum atomic E-state index is 12.0. The minimum Gasteiger partial charge on any atom is -0.379 e. The van der Waals surface area contributed by atoms with Crippen LogP contribution in [0.4, 0.5) is 11.4 Å². The summed E-state index contributed by atoms with van der Waals surface area (Å²) in [4.78, 5) is 13.7. The summed E-state index contributed by atoms with van der Waals surface area (Å²) in [6.45, 7) is 11.8. The first-order chi connectivity index (χ1) is 18.9. The highest BCUT2D eigenvalue weighted by Gasteiger charge is 2.53. The standard InChI is InChI=1S/C31H40N5O2P/c1-24(37)25-12-14-26(15-13-25)33-39(35-18-20-38-21-19-35)30-28(32-36(39)27-10-6-4-7-11-27)22-31(2,3)23-29(30)34-16-8-5-9-17-34/h4,6-7,10-15H,5,8-9,16-23H2,1-3H3/p+1/t39-/m1/s1. The van der Waals surface area contributed by atoms with E-state index < -0.39 is 7.36 Å². The number of para-hydroxylation sites is 1. The molecule has 4 aliphatic rings. The summed E-state index contributed by atoms with van der Waals surface area (Å²) >= 11 is 0. The number of ether oxygens (including phenoxy) is 1. The Morgan fingerprint density at radius 3 is 2.33 bits per heavy atom. The summed E-state index contributed by atoms with van der Waals surface area (Å²) in [5.74, 6) is 0.0739. The van der Waals surface area contributed by atoms with Gasteiger partial charge in [-0.05, 0) is 74.4 Å². The third-order valence-corrected chi connectivity index (χ3v) is 12.1. The number of benzene rings is 2. The minimum atomic E-state index is -2.54. The lowest BCUT2D eigenvalue weighted by Crippen LogP contribution is -3.11. The number of rotatable bonds is 5. The molecule has 3 aliphatic heterocycles. The molecule has 2 aromatic rings. The third-order valence-electron chi connectivity index (χ3n) is 8.42. The first kappa shape index (κ1) is 26.6. The molecule has 0 spiro atoms. The fourth-order valence-electron chi connectivity index (χ4n) is 6.57. The number of carbonyl (C=O) groups excluding carboxylic acids is 1. The van der Waals surface area contributed by atoms with Gasteiger partial charge in [-0.2, -0.15) is 5.10 Å². The van der Waals surface area contributed by atoms with E-state index in [4.69, 9.17) is 14.6 Å². The number of nitrogens with zero attached hydrogens (tertiary/aromatic N) is 4. The van der Waals surface area contributed by atoms with Gasteiger partial charge >= 0.3 is 0 Å². The number of ketones is 1. The molecule has 0 radical (unpaired) electrons. The number of hydrogen-bond acceptors (Lipinski definition) is 4. The number of fused-ring (bicyclic) bond motifs is 1. The van der Waals surface area contributed by atoms with Crippen molar-refractivity contribution in [2.24, 2.45) is 15.3 Å². The van der Waals surface area contributed by atoms with Crippen molar-refractivity contribution in [2.45, 2.75) is 52.9 Å². The molecule has 1 N–H and O–H groups in total. The van der Waals surface area contributed by atoms with Crippen molar-refractivity contribution in [3.8, 4) is 0 Å². The summed E-state index contributed by atoms with van der Waals surface area (Å²) in [6, 6.07) is 18.5. The molecule has 2 saturated heterocycles. The number of morpholine rings is 1. The summed E-state index contributed by atoms with van der Waals surface area (Å²) in [5, 5.41) is 6.89. The van der Waals surface area contributed by atoms with Gasteiger partial charge in [-0.25, -0.2) is 14.2 Å². The number of likely N-dealkylation sites (tertiary alicyclic amines) is 1. The zero-order valence-corrected chi connectivity index (χ0v) is 24.4. The summed E-state index contributed by atoms with van der Waals surface area (Å²) in [7, 11) is -2.54. The van der Waals surface area contributed by atoms with Gasteiger partial charge in [0, 0.05) is 25.1 Å². The Morgan fingerprint density at radius 2 is 1.67 bits per heavy atom. The molecule has 1 aliphatic carbocycles. The molecule has 1 atom stereocenters. The van der Waals surface area contributed by atoms with Crippen molar-refractivity contribution >= 4 is 30.2 Å². The Bertz CT molecular complexity index is 1340. The molecule has 2 aromatic carbocycles. The van der Waals surface area contributed by atoms with Gasteiger partial charge in [0.25, 0.3) is 0 Å². The third kappa shape index (κ3) is 5.06.